The standard InChI is InChI=1S/C27H41N5O5S/c1-18(28-2)25(33)30-23(20-12-8-5-9-13-20)27(35)31-15-14-22-24(31)21(17-32(22)38(3,36)37)26(34)29-16-19-10-6-4-7-11-19/h4,6-7,10-11,18,20-24,28H,5,8-9,12-17H2,1-3H3,(H,29,34)(H,30,33)/t18-,21-,22+,23-,24+/m0/s1. The third kappa shape index (κ3) is 6.21. The Morgan fingerprint density at radius 2 is 1.74 bits per heavy atom. The zero-order chi connectivity index (χ0) is 27.4. The van der Waals surface area contributed by atoms with E-state index in [4.69, 9.17) is 0 Å². The van der Waals surface area contributed by atoms with Crippen LogP contribution in [0.25, 0.3) is 0 Å². The molecule has 1 aromatic rings. The van der Waals surface area contributed by atoms with Gasteiger partial charge in [0.2, 0.25) is 27.7 Å². The lowest BCUT2D eigenvalue weighted by molar-refractivity contribution is -0.141. The van der Waals surface area contributed by atoms with Gasteiger partial charge >= 0.3 is 0 Å². The normalized spacial score (nSPS) is 26.0. The fourth-order valence-electron chi connectivity index (χ4n) is 6.27. The smallest absolute Gasteiger partial charge is 0.245 e. The number of nitrogens with zero attached hydrogens (tertiary/aromatic N) is 2. The Morgan fingerprint density at radius 3 is 2.37 bits per heavy atom. The Labute approximate surface area is 225 Å². The van der Waals surface area contributed by atoms with E-state index in [-0.39, 0.29) is 30.2 Å². The highest BCUT2D eigenvalue weighted by Crippen LogP contribution is 2.38. The van der Waals surface area contributed by atoms with E-state index in [0.29, 0.717) is 19.5 Å². The second kappa shape index (κ2) is 12.1. The number of hydrogen-bond acceptors (Lipinski definition) is 6. The van der Waals surface area contributed by atoms with Crippen LogP contribution in [0.1, 0.15) is 51.0 Å². The Bertz CT molecular complexity index is 1110. The van der Waals surface area contributed by atoms with Crippen molar-refractivity contribution < 1.29 is 22.8 Å². The van der Waals surface area contributed by atoms with E-state index < -0.39 is 40.1 Å². The SMILES string of the molecule is CN[C@@H](C)C(=O)N[C@H](C(=O)N1CC[C@@H]2[C@H]1[C@@H](C(=O)NCc1ccccc1)CN2S(C)(=O)=O)C1CCCCC1. The van der Waals surface area contributed by atoms with E-state index in [1.54, 1.807) is 18.9 Å². The molecule has 0 bridgehead atoms. The summed E-state index contributed by atoms with van der Waals surface area (Å²) in [5.41, 5.74) is 0.938. The highest BCUT2D eigenvalue weighted by atomic mass is 32.2. The number of hydrogen-bond donors (Lipinski definition) is 3. The molecule has 3 N–H and O–H groups in total. The summed E-state index contributed by atoms with van der Waals surface area (Å²) < 4.78 is 26.7. The van der Waals surface area contributed by atoms with Gasteiger partial charge in [0.05, 0.1) is 24.3 Å². The topological polar surface area (TPSA) is 128 Å². The van der Waals surface area contributed by atoms with E-state index in [1.807, 2.05) is 30.3 Å². The summed E-state index contributed by atoms with van der Waals surface area (Å²) in [6, 6.07) is 7.33. The molecule has 3 aliphatic rings. The lowest BCUT2D eigenvalue weighted by Crippen LogP contribution is -2.58. The van der Waals surface area contributed by atoms with E-state index in [1.165, 1.54) is 4.31 Å². The molecule has 1 aliphatic carbocycles. The van der Waals surface area contributed by atoms with Crippen molar-refractivity contribution in [2.75, 3.05) is 26.4 Å². The number of nitrogens with one attached hydrogen (secondary N) is 3. The molecule has 1 saturated carbocycles. The van der Waals surface area contributed by atoms with E-state index in [0.717, 1.165) is 43.9 Å². The average Bonchev–Trinajstić information content (AvgIpc) is 3.51. The van der Waals surface area contributed by atoms with Crippen LogP contribution < -0.4 is 16.0 Å². The molecule has 1 aromatic carbocycles. The van der Waals surface area contributed by atoms with Crippen LogP contribution in [-0.2, 0) is 31.0 Å². The van der Waals surface area contributed by atoms with Gasteiger partial charge in [-0.15, -0.1) is 0 Å². The van der Waals surface area contributed by atoms with E-state index in [9.17, 15) is 22.8 Å². The highest BCUT2D eigenvalue weighted by molar-refractivity contribution is 7.88. The molecule has 210 valence electrons. The van der Waals surface area contributed by atoms with Gasteiger partial charge in [0, 0.05) is 25.7 Å². The summed E-state index contributed by atoms with van der Waals surface area (Å²) in [5, 5.41) is 8.88. The van der Waals surface area contributed by atoms with Crippen molar-refractivity contribution in [3.05, 3.63) is 35.9 Å². The predicted octanol–water partition coefficient (Wildman–Crippen LogP) is 0.837. The number of carbonyl (C=O) groups is 3. The number of likely N-dealkylation sites (N-methyl/N-ethyl adjacent to an activating group) is 1. The largest absolute Gasteiger partial charge is 0.352 e. The quantitative estimate of drug-likeness (QED) is 0.420. The van der Waals surface area contributed by atoms with Gasteiger partial charge in [-0.25, -0.2) is 8.42 Å². The summed E-state index contributed by atoms with van der Waals surface area (Å²) in [4.78, 5) is 42.1. The first-order valence-electron chi connectivity index (χ1n) is 13.7. The van der Waals surface area contributed by atoms with Crippen LogP contribution in [-0.4, -0.2) is 85.9 Å². The minimum Gasteiger partial charge on any atom is -0.352 e. The summed E-state index contributed by atoms with van der Waals surface area (Å²) in [5.74, 6) is -1.40. The number of rotatable bonds is 9. The second-order valence-corrected chi connectivity index (χ2v) is 12.9. The van der Waals surface area contributed by atoms with Crippen LogP contribution in [0, 0.1) is 11.8 Å². The molecule has 10 nitrogen and oxygen atoms in total. The van der Waals surface area contributed by atoms with Crippen LogP contribution in [0.2, 0.25) is 0 Å². The van der Waals surface area contributed by atoms with Crippen LogP contribution in [0.15, 0.2) is 30.3 Å². The highest BCUT2D eigenvalue weighted by Gasteiger charge is 2.56. The molecular formula is C27H41N5O5S. The van der Waals surface area contributed by atoms with E-state index >= 15 is 0 Å². The molecule has 2 aliphatic heterocycles. The second-order valence-electron chi connectivity index (χ2n) is 10.9. The van der Waals surface area contributed by atoms with Gasteiger partial charge in [-0.3, -0.25) is 14.4 Å². The monoisotopic (exact) mass is 547 g/mol. The van der Waals surface area contributed by atoms with Crippen molar-refractivity contribution in [1.82, 2.24) is 25.2 Å². The minimum atomic E-state index is -3.58. The predicted molar refractivity (Wildman–Crippen MR) is 144 cm³/mol. The van der Waals surface area contributed by atoms with Crippen molar-refractivity contribution in [2.24, 2.45) is 11.8 Å². The number of amides is 3. The zero-order valence-corrected chi connectivity index (χ0v) is 23.4. The molecule has 2 saturated heterocycles. The molecule has 5 atom stereocenters. The van der Waals surface area contributed by atoms with Crippen molar-refractivity contribution in [3.8, 4) is 0 Å². The molecule has 0 aromatic heterocycles. The Morgan fingerprint density at radius 1 is 1.05 bits per heavy atom. The van der Waals surface area contributed by atoms with Gasteiger partial charge in [0.15, 0.2) is 0 Å². The van der Waals surface area contributed by atoms with Crippen molar-refractivity contribution in [1.29, 1.82) is 0 Å². The molecule has 3 fully saturated rings. The number of benzene rings is 1. The maximum atomic E-state index is 14.1. The Kier molecular flexibility index (Phi) is 9.10. The van der Waals surface area contributed by atoms with Gasteiger partial charge in [0.25, 0.3) is 0 Å². The Balaban J connectivity index is 1.58. The number of likely N-dealkylation sites (tertiary alicyclic amines) is 1. The van der Waals surface area contributed by atoms with Crippen LogP contribution in [0.5, 0.6) is 0 Å². The maximum Gasteiger partial charge on any atom is 0.245 e. The number of sulfonamides is 1. The molecule has 2 heterocycles. The molecule has 0 radical (unpaired) electrons. The lowest BCUT2D eigenvalue weighted by atomic mass is 9.83. The van der Waals surface area contributed by atoms with Gasteiger partial charge in [-0.05, 0) is 44.7 Å². The summed E-state index contributed by atoms with van der Waals surface area (Å²) in [6.45, 7) is 2.46. The first-order valence-corrected chi connectivity index (χ1v) is 15.5. The third-order valence-electron chi connectivity index (χ3n) is 8.45. The molecule has 11 heteroatoms. The summed E-state index contributed by atoms with van der Waals surface area (Å²) in [6.07, 6.45) is 6.44. The van der Waals surface area contributed by atoms with Crippen LogP contribution in [0.4, 0.5) is 0 Å². The number of carbonyl (C=O) groups excluding carboxylic acids is 3. The third-order valence-corrected chi connectivity index (χ3v) is 9.72. The van der Waals surface area contributed by atoms with Crippen molar-refractivity contribution in [3.63, 3.8) is 0 Å². The van der Waals surface area contributed by atoms with Crippen molar-refractivity contribution in [2.45, 2.75) is 76.2 Å². The first-order chi connectivity index (χ1) is 18.1. The van der Waals surface area contributed by atoms with Gasteiger partial charge < -0.3 is 20.9 Å². The average molecular weight is 548 g/mol. The molecule has 3 amide bonds. The fraction of sp³-hybridized carbons (Fsp3) is 0.667. The van der Waals surface area contributed by atoms with Gasteiger partial charge in [-0.1, -0.05) is 49.6 Å². The first kappa shape index (κ1) is 28.5. The zero-order valence-electron chi connectivity index (χ0n) is 22.6. The minimum absolute atomic E-state index is 0.0149. The number of fused-ring (bicyclic) bond motifs is 1. The van der Waals surface area contributed by atoms with Crippen molar-refractivity contribution >= 4 is 27.7 Å². The van der Waals surface area contributed by atoms with E-state index in [2.05, 4.69) is 16.0 Å². The lowest BCUT2D eigenvalue weighted by Gasteiger charge is -2.36. The molecular weight excluding hydrogens is 506 g/mol. The summed E-state index contributed by atoms with van der Waals surface area (Å²) >= 11 is 0. The van der Waals surface area contributed by atoms with Crippen LogP contribution >= 0.6 is 0 Å². The molecule has 0 unspecified atom stereocenters. The van der Waals surface area contributed by atoms with Gasteiger partial charge in [0.1, 0.15) is 6.04 Å². The van der Waals surface area contributed by atoms with Crippen LogP contribution in [0.3, 0.4) is 0 Å². The molecule has 4 rings (SSSR count). The molecule has 0 spiro atoms. The molecule has 38 heavy (non-hydrogen) atoms. The fourth-order valence-corrected chi connectivity index (χ4v) is 7.42. The summed E-state index contributed by atoms with van der Waals surface area (Å²) in [7, 11) is -1.88. The Hall–Kier alpha value is -2.50. The van der Waals surface area contributed by atoms with Gasteiger partial charge in [-0.2, -0.15) is 4.31 Å². The maximum absolute atomic E-state index is 14.1.